The SMILES string of the molecule is CC(c1ccccc1O)N(C)CC(=O)N1CCNCC1. The summed E-state index contributed by atoms with van der Waals surface area (Å²) in [6.07, 6.45) is 0. The molecule has 0 radical (unpaired) electrons. The van der Waals surface area contributed by atoms with E-state index in [1.807, 2.05) is 35.9 Å². The quantitative estimate of drug-likeness (QED) is 0.855. The van der Waals surface area contributed by atoms with Gasteiger partial charge in [0.05, 0.1) is 6.54 Å². The first kappa shape index (κ1) is 14.8. The minimum absolute atomic E-state index is 0.00284. The molecule has 5 nitrogen and oxygen atoms in total. The molecule has 1 saturated heterocycles. The summed E-state index contributed by atoms with van der Waals surface area (Å²) in [4.78, 5) is 16.1. The second-order valence-corrected chi connectivity index (χ2v) is 5.28. The molecule has 0 spiro atoms. The first-order chi connectivity index (χ1) is 9.59. The Morgan fingerprint density at radius 2 is 2.05 bits per heavy atom. The summed E-state index contributed by atoms with van der Waals surface area (Å²) < 4.78 is 0. The number of nitrogens with zero attached hydrogens (tertiary/aromatic N) is 2. The average Bonchev–Trinajstić information content (AvgIpc) is 2.48. The normalized spacial score (nSPS) is 17.2. The van der Waals surface area contributed by atoms with Crippen LogP contribution in [-0.2, 0) is 4.79 Å². The van der Waals surface area contributed by atoms with Gasteiger partial charge in [-0.25, -0.2) is 0 Å². The summed E-state index contributed by atoms with van der Waals surface area (Å²) in [6.45, 7) is 5.65. The Kier molecular flexibility index (Phi) is 4.98. The number of hydrogen-bond donors (Lipinski definition) is 2. The molecule has 1 fully saturated rings. The van der Waals surface area contributed by atoms with E-state index in [0.717, 1.165) is 31.7 Å². The van der Waals surface area contributed by atoms with Crippen molar-refractivity contribution in [3.05, 3.63) is 29.8 Å². The van der Waals surface area contributed by atoms with Gasteiger partial charge in [-0.15, -0.1) is 0 Å². The van der Waals surface area contributed by atoms with E-state index in [2.05, 4.69) is 5.32 Å². The number of para-hydroxylation sites is 1. The number of likely N-dealkylation sites (N-methyl/N-ethyl adjacent to an activating group) is 1. The van der Waals surface area contributed by atoms with E-state index in [9.17, 15) is 9.90 Å². The van der Waals surface area contributed by atoms with Crippen molar-refractivity contribution in [3.63, 3.8) is 0 Å². The van der Waals surface area contributed by atoms with Crippen molar-refractivity contribution in [1.29, 1.82) is 0 Å². The molecule has 1 aromatic rings. The zero-order valence-corrected chi connectivity index (χ0v) is 12.2. The van der Waals surface area contributed by atoms with E-state index in [1.165, 1.54) is 0 Å². The molecular formula is C15H23N3O2. The van der Waals surface area contributed by atoms with Crippen molar-refractivity contribution >= 4 is 5.91 Å². The third kappa shape index (κ3) is 3.49. The fraction of sp³-hybridized carbons (Fsp3) is 0.533. The van der Waals surface area contributed by atoms with Gasteiger partial charge in [0.25, 0.3) is 0 Å². The lowest BCUT2D eigenvalue weighted by atomic mass is 10.1. The summed E-state index contributed by atoms with van der Waals surface area (Å²) in [5.41, 5.74) is 0.850. The van der Waals surface area contributed by atoms with Crippen molar-refractivity contribution in [2.24, 2.45) is 0 Å². The van der Waals surface area contributed by atoms with Crippen LogP contribution in [0.4, 0.5) is 0 Å². The number of piperazine rings is 1. The second-order valence-electron chi connectivity index (χ2n) is 5.28. The first-order valence-electron chi connectivity index (χ1n) is 7.06. The summed E-state index contributed by atoms with van der Waals surface area (Å²) in [5, 5.41) is 13.1. The van der Waals surface area contributed by atoms with Crippen LogP contribution in [0.5, 0.6) is 5.75 Å². The van der Waals surface area contributed by atoms with Gasteiger partial charge in [0, 0.05) is 37.8 Å². The van der Waals surface area contributed by atoms with Crippen LogP contribution in [0.2, 0.25) is 0 Å². The van der Waals surface area contributed by atoms with Gasteiger partial charge in [-0.2, -0.15) is 0 Å². The molecule has 0 aromatic heterocycles. The van der Waals surface area contributed by atoms with Crippen molar-refractivity contribution < 1.29 is 9.90 Å². The van der Waals surface area contributed by atoms with Crippen LogP contribution in [0.3, 0.4) is 0 Å². The lowest BCUT2D eigenvalue weighted by Gasteiger charge is -2.31. The van der Waals surface area contributed by atoms with E-state index in [-0.39, 0.29) is 17.7 Å². The molecule has 0 saturated carbocycles. The molecule has 2 rings (SSSR count). The minimum Gasteiger partial charge on any atom is -0.508 e. The molecular weight excluding hydrogens is 254 g/mol. The molecule has 5 heteroatoms. The predicted molar refractivity (Wildman–Crippen MR) is 78.6 cm³/mol. The number of amides is 1. The summed E-state index contributed by atoms with van der Waals surface area (Å²) in [5.74, 6) is 0.428. The topological polar surface area (TPSA) is 55.8 Å². The van der Waals surface area contributed by atoms with Gasteiger partial charge < -0.3 is 15.3 Å². The minimum atomic E-state index is 0.00284. The Balaban J connectivity index is 1.95. The number of nitrogens with one attached hydrogen (secondary N) is 1. The molecule has 1 atom stereocenters. The Hall–Kier alpha value is -1.59. The molecule has 0 aliphatic carbocycles. The Morgan fingerprint density at radius 3 is 2.70 bits per heavy atom. The standard InChI is InChI=1S/C15H23N3O2/c1-12(13-5-3-4-6-14(13)19)17(2)11-15(20)18-9-7-16-8-10-18/h3-6,12,16,19H,7-11H2,1-2H3. The highest BCUT2D eigenvalue weighted by Crippen LogP contribution is 2.26. The Labute approximate surface area is 120 Å². The number of rotatable bonds is 4. The van der Waals surface area contributed by atoms with Crippen LogP contribution in [0.25, 0.3) is 0 Å². The van der Waals surface area contributed by atoms with Crippen LogP contribution in [0, 0.1) is 0 Å². The highest BCUT2D eigenvalue weighted by Gasteiger charge is 2.21. The lowest BCUT2D eigenvalue weighted by molar-refractivity contribution is -0.133. The summed E-state index contributed by atoms with van der Waals surface area (Å²) in [6, 6.07) is 7.28. The Bertz CT molecular complexity index is 458. The maximum absolute atomic E-state index is 12.2. The zero-order valence-electron chi connectivity index (χ0n) is 12.2. The zero-order chi connectivity index (χ0) is 14.5. The smallest absolute Gasteiger partial charge is 0.236 e. The number of benzene rings is 1. The first-order valence-corrected chi connectivity index (χ1v) is 7.06. The number of phenolic OH excluding ortho intramolecular Hbond substituents is 1. The third-order valence-corrected chi connectivity index (χ3v) is 3.90. The maximum Gasteiger partial charge on any atom is 0.236 e. The van der Waals surface area contributed by atoms with Crippen molar-refractivity contribution in [2.45, 2.75) is 13.0 Å². The molecule has 1 heterocycles. The highest BCUT2D eigenvalue weighted by atomic mass is 16.3. The number of phenols is 1. The molecule has 110 valence electrons. The van der Waals surface area contributed by atoms with E-state index in [0.29, 0.717) is 6.54 Å². The second kappa shape index (κ2) is 6.72. The summed E-state index contributed by atoms with van der Waals surface area (Å²) in [7, 11) is 1.91. The summed E-state index contributed by atoms with van der Waals surface area (Å²) >= 11 is 0. The molecule has 0 bridgehead atoms. The van der Waals surface area contributed by atoms with Crippen LogP contribution in [-0.4, -0.2) is 60.6 Å². The van der Waals surface area contributed by atoms with Crippen LogP contribution >= 0.6 is 0 Å². The van der Waals surface area contributed by atoms with Gasteiger partial charge in [-0.05, 0) is 20.0 Å². The third-order valence-electron chi connectivity index (χ3n) is 3.90. The van der Waals surface area contributed by atoms with Crippen LogP contribution in [0.15, 0.2) is 24.3 Å². The monoisotopic (exact) mass is 277 g/mol. The molecule has 1 aliphatic rings. The maximum atomic E-state index is 12.2. The Morgan fingerprint density at radius 1 is 1.40 bits per heavy atom. The van der Waals surface area contributed by atoms with Gasteiger partial charge >= 0.3 is 0 Å². The van der Waals surface area contributed by atoms with E-state index in [1.54, 1.807) is 12.1 Å². The van der Waals surface area contributed by atoms with E-state index >= 15 is 0 Å². The molecule has 2 N–H and O–H groups in total. The predicted octanol–water partition coefficient (Wildman–Crippen LogP) is 0.817. The van der Waals surface area contributed by atoms with Crippen molar-refractivity contribution in [2.75, 3.05) is 39.8 Å². The van der Waals surface area contributed by atoms with Gasteiger partial charge in [0.1, 0.15) is 5.75 Å². The largest absolute Gasteiger partial charge is 0.508 e. The molecule has 20 heavy (non-hydrogen) atoms. The van der Waals surface area contributed by atoms with Crippen molar-refractivity contribution in [3.8, 4) is 5.75 Å². The van der Waals surface area contributed by atoms with Gasteiger partial charge in [0.15, 0.2) is 0 Å². The van der Waals surface area contributed by atoms with E-state index < -0.39 is 0 Å². The van der Waals surface area contributed by atoms with Gasteiger partial charge in [-0.3, -0.25) is 9.69 Å². The highest BCUT2D eigenvalue weighted by molar-refractivity contribution is 5.78. The molecule has 1 aliphatic heterocycles. The number of carbonyl (C=O) groups is 1. The number of carbonyl (C=O) groups excluding carboxylic acids is 1. The van der Waals surface area contributed by atoms with Crippen LogP contribution < -0.4 is 5.32 Å². The van der Waals surface area contributed by atoms with Crippen LogP contribution in [0.1, 0.15) is 18.5 Å². The molecule has 1 aromatic carbocycles. The molecule has 1 unspecified atom stereocenters. The average molecular weight is 277 g/mol. The lowest BCUT2D eigenvalue weighted by Crippen LogP contribution is -2.49. The molecule has 1 amide bonds. The van der Waals surface area contributed by atoms with E-state index in [4.69, 9.17) is 0 Å². The van der Waals surface area contributed by atoms with Gasteiger partial charge in [-0.1, -0.05) is 18.2 Å². The van der Waals surface area contributed by atoms with Crippen molar-refractivity contribution in [1.82, 2.24) is 15.1 Å². The fourth-order valence-electron chi connectivity index (χ4n) is 2.44. The fourth-order valence-corrected chi connectivity index (χ4v) is 2.44. The van der Waals surface area contributed by atoms with Gasteiger partial charge in [0.2, 0.25) is 5.91 Å². The number of aromatic hydroxyl groups is 1. The number of hydrogen-bond acceptors (Lipinski definition) is 4.